The molecule has 1 aromatic heterocycles. The van der Waals surface area contributed by atoms with Crippen molar-refractivity contribution < 1.29 is 0 Å². The average Bonchev–Trinajstić information content (AvgIpc) is 2.53. The second-order valence-corrected chi connectivity index (χ2v) is 3.11. The molecule has 0 saturated heterocycles. The van der Waals surface area contributed by atoms with E-state index in [2.05, 4.69) is 9.97 Å². The van der Waals surface area contributed by atoms with E-state index in [1.54, 1.807) is 6.33 Å². The number of benzene rings is 1. The Kier molecular flexibility index (Phi) is 1.94. The molecule has 0 amide bonds. The van der Waals surface area contributed by atoms with Crippen LogP contribution in [0.15, 0.2) is 30.6 Å². The summed E-state index contributed by atoms with van der Waals surface area (Å²) in [5.41, 5.74) is 7.45. The van der Waals surface area contributed by atoms with Gasteiger partial charge < -0.3 is 10.7 Å². The molecule has 66 valence electrons. The highest BCUT2D eigenvalue weighted by Gasteiger charge is 2.03. The van der Waals surface area contributed by atoms with E-state index in [4.69, 9.17) is 17.3 Å². The Hall–Kier alpha value is -1.48. The molecule has 3 N–H and O–H groups in total. The molecule has 1 aromatic carbocycles. The van der Waals surface area contributed by atoms with Crippen LogP contribution in [0.1, 0.15) is 0 Å². The minimum Gasteiger partial charge on any atom is -0.382 e. The molecule has 2 rings (SSSR count). The van der Waals surface area contributed by atoms with Crippen molar-refractivity contribution in [1.82, 2.24) is 9.97 Å². The number of halogens is 1. The first-order valence-electron chi connectivity index (χ1n) is 3.82. The van der Waals surface area contributed by atoms with Crippen LogP contribution < -0.4 is 5.73 Å². The van der Waals surface area contributed by atoms with Gasteiger partial charge in [-0.3, -0.25) is 0 Å². The highest BCUT2D eigenvalue weighted by molar-refractivity contribution is 6.30. The zero-order valence-corrected chi connectivity index (χ0v) is 7.55. The first-order chi connectivity index (χ1) is 6.27. The second-order valence-electron chi connectivity index (χ2n) is 2.67. The number of imidazole rings is 1. The third-order valence-corrected chi connectivity index (χ3v) is 2.05. The highest BCUT2D eigenvalue weighted by atomic mass is 35.5. The summed E-state index contributed by atoms with van der Waals surface area (Å²) in [4.78, 5) is 6.87. The second kappa shape index (κ2) is 3.11. The van der Waals surface area contributed by atoms with Crippen molar-refractivity contribution in [2.75, 3.05) is 5.73 Å². The third kappa shape index (κ3) is 1.51. The van der Waals surface area contributed by atoms with Crippen LogP contribution in [0.2, 0.25) is 5.02 Å². The summed E-state index contributed by atoms with van der Waals surface area (Å²) in [7, 11) is 0. The van der Waals surface area contributed by atoms with Crippen molar-refractivity contribution in [3.05, 3.63) is 35.6 Å². The van der Waals surface area contributed by atoms with Gasteiger partial charge in [0.05, 0.1) is 12.0 Å². The summed E-state index contributed by atoms with van der Waals surface area (Å²) >= 11 is 5.76. The summed E-state index contributed by atoms with van der Waals surface area (Å²) in [6.07, 6.45) is 1.57. The molecule has 1 heterocycles. The molecule has 0 fully saturated rings. The number of nitrogens with one attached hydrogen (secondary N) is 1. The van der Waals surface area contributed by atoms with Gasteiger partial charge in [-0.25, -0.2) is 4.98 Å². The molecule has 0 unspecified atom stereocenters. The molecule has 2 aromatic rings. The maximum atomic E-state index is 5.76. The van der Waals surface area contributed by atoms with E-state index >= 15 is 0 Å². The molecule has 0 bridgehead atoms. The van der Waals surface area contributed by atoms with E-state index in [-0.39, 0.29) is 0 Å². The maximum absolute atomic E-state index is 5.76. The average molecular weight is 194 g/mol. The normalized spacial score (nSPS) is 10.2. The van der Waals surface area contributed by atoms with Crippen LogP contribution in [0, 0.1) is 0 Å². The lowest BCUT2D eigenvalue weighted by molar-refractivity contribution is 1.32. The van der Waals surface area contributed by atoms with Gasteiger partial charge >= 0.3 is 0 Å². The molecular weight excluding hydrogens is 186 g/mol. The SMILES string of the molecule is Nc1nc[nH]c1-c1ccc(Cl)cc1. The molecule has 0 aliphatic carbocycles. The molecular formula is C9H8ClN3. The summed E-state index contributed by atoms with van der Waals surface area (Å²) in [6, 6.07) is 7.42. The van der Waals surface area contributed by atoms with Gasteiger partial charge in [0.15, 0.2) is 0 Å². The van der Waals surface area contributed by atoms with Crippen LogP contribution in [0.4, 0.5) is 5.82 Å². The van der Waals surface area contributed by atoms with Crippen LogP contribution in [-0.2, 0) is 0 Å². The molecule has 0 aliphatic heterocycles. The summed E-state index contributed by atoms with van der Waals surface area (Å²) in [5.74, 6) is 0.502. The minimum atomic E-state index is 0.502. The van der Waals surface area contributed by atoms with Crippen LogP contribution in [0.5, 0.6) is 0 Å². The Balaban J connectivity index is 2.47. The van der Waals surface area contributed by atoms with E-state index in [1.165, 1.54) is 0 Å². The molecule has 3 nitrogen and oxygen atoms in total. The lowest BCUT2D eigenvalue weighted by Gasteiger charge is -1.98. The monoisotopic (exact) mass is 193 g/mol. The summed E-state index contributed by atoms with van der Waals surface area (Å²) in [5, 5.41) is 0.710. The van der Waals surface area contributed by atoms with Crippen molar-refractivity contribution in [2.45, 2.75) is 0 Å². The standard InChI is InChI=1S/C9H8ClN3/c10-7-3-1-6(2-4-7)8-9(11)13-5-12-8/h1-5H,11H2,(H,12,13). The van der Waals surface area contributed by atoms with Crippen LogP contribution >= 0.6 is 11.6 Å². The number of hydrogen-bond donors (Lipinski definition) is 2. The lowest BCUT2D eigenvalue weighted by Crippen LogP contribution is -1.87. The minimum absolute atomic E-state index is 0.502. The lowest BCUT2D eigenvalue weighted by atomic mass is 10.1. The van der Waals surface area contributed by atoms with Gasteiger partial charge in [-0.15, -0.1) is 0 Å². The number of H-pyrrole nitrogens is 1. The predicted octanol–water partition coefficient (Wildman–Crippen LogP) is 2.31. The van der Waals surface area contributed by atoms with E-state index in [0.717, 1.165) is 11.3 Å². The number of rotatable bonds is 1. The van der Waals surface area contributed by atoms with Gasteiger partial charge in [0, 0.05) is 10.6 Å². The zero-order valence-electron chi connectivity index (χ0n) is 6.79. The zero-order chi connectivity index (χ0) is 9.26. The Morgan fingerprint density at radius 1 is 1.23 bits per heavy atom. The van der Waals surface area contributed by atoms with Gasteiger partial charge in [0.1, 0.15) is 5.82 Å². The quantitative estimate of drug-likeness (QED) is 0.730. The molecule has 0 spiro atoms. The van der Waals surface area contributed by atoms with Gasteiger partial charge in [-0.1, -0.05) is 23.7 Å². The summed E-state index contributed by atoms with van der Waals surface area (Å²) in [6.45, 7) is 0. The Labute approximate surface area is 80.6 Å². The molecule has 13 heavy (non-hydrogen) atoms. The van der Waals surface area contributed by atoms with Gasteiger partial charge in [-0.05, 0) is 12.1 Å². The van der Waals surface area contributed by atoms with Crippen molar-refractivity contribution in [3.63, 3.8) is 0 Å². The number of aromatic amines is 1. The first kappa shape index (κ1) is 8.13. The maximum Gasteiger partial charge on any atom is 0.149 e. The van der Waals surface area contributed by atoms with Gasteiger partial charge in [0.2, 0.25) is 0 Å². The number of nitrogens with two attached hydrogens (primary N) is 1. The fraction of sp³-hybridized carbons (Fsp3) is 0. The number of aromatic nitrogens is 2. The Morgan fingerprint density at radius 3 is 2.46 bits per heavy atom. The highest BCUT2D eigenvalue weighted by Crippen LogP contribution is 2.23. The van der Waals surface area contributed by atoms with Crippen molar-refractivity contribution >= 4 is 17.4 Å². The number of hydrogen-bond acceptors (Lipinski definition) is 2. The predicted molar refractivity (Wildman–Crippen MR) is 53.4 cm³/mol. The fourth-order valence-electron chi connectivity index (χ4n) is 1.15. The van der Waals surface area contributed by atoms with Gasteiger partial charge in [-0.2, -0.15) is 0 Å². The van der Waals surface area contributed by atoms with Crippen molar-refractivity contribution in [2.24, 2.45) is 0 Å². The Morgan fingerprint density at radius 2 is 1.92 bits per heavy atom. The largest absolute Gasteiger partial charge is 0.382 e. The van der Waals surface area contributed by atoms with Gasteiger partial charge in [0.25, 0.3) is 0 Å². The van der Waals surface area contributed by atoms with Crippen molar-refractivity contribution in [1.29, 1.82) is 0 Å². The molecule has 0 radical (unpaired) electrons. The fourth-order valence-corrected chi connectivity index (χ4v) is 1.28. The first-order valence-corrected chi connectivity index (χ1v) is 4.20. The molecule has 0 atom stereocenters. The van der Waals surface area contributed by atoms with E-state index in [1.807, 2.05) is 24.3 Å². The topological polar surface area (TPSA) is 54.7 Å². The smallest absolute Gasteiger partial charge is 0.149 e. The van der Waals surface area contributed by atoms with E-state index < -0.39 is 0 Å². The van der Waals surface area contributed by atoms with E-state index in [9.17, 15) is 0 Å². The Bertz CT molecular complexity index is 405. The number of nitrogens with zero attached hydrogens (tertiary/aromatic N) is 1. The number of nitrogen functional groups attached to an aromatic ring is 1. The third-order valence-electron chi connectivity index (χ3n) is 1.80. The molecule has 0 aliphatic rings. The van der Waals surface area contributed by atoms with Crippen molar-refractivity contribution in [3.8, 4) is 11.3 Å². The van der Waals surface area contributed by atoms with Crippen LogP contribution in [-0.4, -0.2) is 9.97 Å². The molecule has 0 saturated carbocycles. The van der Waals surface area contributed by atoms with Crippen LogP contribution in [0.25, 0.3) is 11.3 Å². The van der Waals surface area contributed by atoms with E-state index in [0.29, 0.717) is 10.8 Å². The number of anilines is 1. The molecule has 4 heteroatoms. The van der Waals surface area contributed by atoms with Crippen LogP contribution in [0.3, 0.4) is 0 Å². The summed E-state index contributed by atoms with van der Waals surface area (Å²) < 4.78 is 0.